The van der Waals surface area contributed by atoms with Crippen molar-refractivity contribution in [2.24, 2.45) is 0 Å². The molecule has 0 saturated carbocycles. The summed E-state index contributed by atoms with van der Waals surface area (Å²) in [6.45, 7) is 2.51. The molecule has 0 aromatic heterocycles. The van der Waals surface area contributed by atoms with Crippen LogP contribution >= 0.6 is 0 Å². The van der Waals surface area contributed by atoms with Crippen molar-refractivity contribution in [2.45, 2.75) is 38.1 Å². The van der Waals surface area contributed by atoms with Crippen LogP contribution in [0.4, 0.5) is 0 Å². The molecule has 36 heavy (non-hydrogen) atoms. The number of ketones is 1. The van der Waals surface area contributed by atoms with Gasteiger partial charge in [-0.2, -0.15) is 0 Å². The Morgan fingerprint density at radius 1 is 0.861 bits per heavy atom. The minimum Gasteiger partial charge on any atom is -0.507 e. The van der Waals surface area contributed by atoms with E-state index >= 15 is 0 Å². The molecular weight excluding hydrogens is 472 g/mol. The van der Waals surface area contributed by atoms with Gasteiger partial charge in [-0.1, -0.05) is 0 Å². The summed E-state index contributed by atoms with van der Waals surface area (Å²) in [5.74, 6) is -3.35. The van der Waals surface area contributed by atoms with E-state index in [1.165, 1.54) is 12.1 Å². The third kappa shape index (κ3) is 2.07. The molecule has 10 heteroatoms. The van der Waals surface area contributed by atoms with Crippen LogP contribution in [0.2, 0.25) is 0 Å². The number of carbonyl (C=O) groups excluding carboxylic acids is 3. The van der Waals surface area contributed by atoms with Crippen molar-refractivity contribution in [3.8, 4) is 23.0 Å². The van der Waals surface area contributed by atoms with E-state index in [1.807, 2.05) is 0 Å². The average molecular weight is 490 g/mol. The molecule has 0 amide bonds. The van der Waals surface area contributed by atoms with Gasteiger partial charge in [0.1, 0.15) is 53.4 Å². The fourth-order valence-electron chi connectivity index (χ4n) is 6.45. The Balaban J connectivity index is 1.73. The van der Waals surface area contributed by atoms with Gasteiger partial charge in [-0.25, -0.2) is 9.59 Å². The number of phenols is 3. The molecule has 3 aliphatic heterocycles. The first-order chi connectivity index (χ1) is 17.1. The summed E-state index contributed by atoms with van der Waals surface area (Å²) >= 11 is 0. The van der Waals surface area contributed by atoms with Gasteiger partial charge in [-0.3, -0.25) is 4.79 Å². The maximum atomic E-state index is 13.6. The fourth-order valence-corrected chi connectivity index (χ4v) is 6.45. The maximum absolute atomic E-state index is 13.6. The first kappa shape index (κ1) is 21.0. The maximum Gasteiger partial charge on any atom is 0.342 e. The van der Waals surface area contributed by atoms with E-state index in [9.17, 15) is 34.8 Å². The molecule has 2 bridgehead atoms. The Hall–Kier alpha value is -4.31. The Bertz CT molecular complexity index is 1650. The van der Waals surface area contributed by atoms with Crippen molar-refractivity contribution in [2.75, 3.05) is 6.61 Å². The summed E-state index contributed by atoms with van der Waals surface area (Å²) in [5, 5.41) is 45.0. The summed E-state index contributed by atoms with van der Waals surface area (Å²) in [6, 6.07) is 2.63. The second-order valence-electron chi connectivity index (χ2n) is 9.68. The van der Waals surface area contributed by atoms with E-state index < -0.39 is 47.7 Å². The molecule has 10 nitrogen and oxygen atoms in total. The number of aliphatic hydroxyl groups excluding tert-OH is 1. The number of rotatable bonds is 0. The van der Waals surface area contributed by atoms with Crippen LogP contribution in [0.25, 0.3) is 10.8 Å². The molecule has 3 aromatic rings. The van der Waals surface area contributed by atoms with Crippen LogP contribution in [0, 0.1) is 13.8 Å². The van der Waals surface area contributed by atoms with Crippen LogP contribution in [0.5, 0.6) is 23.0 Å². The summed E-state index contributed by atoms with van der Waals surface area (Å²) in [6.07, 6.45) is -2.99. The largest absolute Gasteiger partial charge is 0.507 e. The smallest absolute Gasteiger partial charge is 0.342 e. The predicted octanol–water partition coefficient (Wildman–Crippen LogP) is 2.02. The normalized spacial score (nSPS) is 25.0. The minimum absolute atomic E-state index is 0.0268. The van der Waals surface area contributed by atoms with E-state index in [4.69, 9.17) is 14.2 Å². The first-order valence-electron chi connectivity index (χ1n) is 11.2. The van der Waals surface area contributed by atoms with E-state index in [0.717, 1.165) is 0 Å². The molecule has 0 radical (unpaired) electrons. The zero-order valence-corrected chi connectivity index (χ0v) is 19.0. The number of aromatic hydroxyl groups is 3. The number of benzene rings is 3. The number of phenolic OH excluding ortho intramolecular Hbond substituents is 3. The van der Waals surface area contributed by atoms with Gasteiger partial charge in [-0.05, 0) is 42.7 Å². The third-order valence-electron chi connectivity index (χ3n) is 7.91. The standard InChI is InChI=1S/C26H18O10/c1-7-3-10(27)15-14-9(5-34-24(15)32)19(29)18-21(12(7)14)36-22-20(30)13-8(2)4-11(28)16-17(13)26(18,23(22)31)6-35-25(16)33/h3-4,22-23,27-29,31H,5-6H2,1-2H3. The number of hydrogen-bond donors (Lipinski definition) is 4. The number of hydrogen-bond acceptors (Lipinski definition) is 10. The van der Waals surface area contributed by atoms with Crippen LogP contribution in [0.3, 0.4) is 0 Å². The van der Waals surface area contributed by atoms with E-state index in [1.54, 1.807) is 13.8 Å². The highest BCUT2D eigenvalue weighted by atomic mass is 16.5. The number of ether oxygens (including phenoxy) is 3. The summed E-state index contributed by atoms with van der Waals surface area (Å²) < 4.78 is 16.8. The van der Waals surface area contributed by atoms with Gasteiger partial charge in [0.05, 0.1) is 11.0 Å². The lowest BCUT2D eigenvalue weighted by atomic mass is 9.58. The summed E-state index contributed by atoms with van der Waals surface area (Å²) in [7, 11) is 0. The number of esters is 2. The van der Waals surface area contributed by atoms with Crippen molar-refractivity contribution >= 4 is 28.5 Å². The van der Waals surface area contributed by atoms with E-state index in [2.05, 4.69) is 0 Å². The minimum atomic E-state index is -1.66. The molecule has 0 fully saturated rings. The molecule has 3 atom stereocenters. The lowest BCUT2D eigenvalue weighted by Crippen LogP contribution is -2.64. The van der Waals surface area contributed by atoms with Gasteiger partial charge in [0.2, 0.25) is 5.78 Å². The predicted molar refractivity (Wildman–Crippen MR) is 120 cm³/mol. The molecule has 4 N–H and O–H groups in total. The zero-order chi connectivity index (χ0) is 25.4. The monoisotopic (exact) mass is 490 g/mol. The van der Waals surface area contributed by atoms with Gasteiger partial charge < -0.3 is 34.6 Å². The second-order valence-corrected chi connectivity index (χ2v) is 9.68. The van der Waals surface area contributed by atoms with Crippen molar-refractivity contribution in [1.82, 2.24) is 0 Å². The number of fused-ring (bicyclic) bond motifs is 3. The lowest BCUT2D eigenvalue weighted by molar-refractivity contribution is -0.0481. The average Bonchev–Trinajstić information content (AvgIpc) is 2.80. The number of carbonyl (C=O) groups is 3. The van der Waals surface area contributed by atoms with Gasteiger partial charge in [0.25, 0.3) is 0 Å². The van der Waals surface area contributed by atoms with E-state index in [0.29, 0.717) is 16.5 Å². The zero-order valence-electron chi connectivity index (χ0n) is 19.0. The highest BCUT2D eigenvalue weighted by Gasteiger charge is 2.64. The summed E-state index contributed by atoms with van der Waals surface area (Å²) in [4.78, 5) is 39.0. The molecule has 7 rings (SSSR count). The number of Topliss-reactive ketones (excluding diaryl/α,β-unsaturated/α-hetero) is 1. The molecule has 1 aliphatic carbocycles. The Kier molecular flexibility index (Phi) is 3.66. The van der Waals surface area contributed by atoms with Crippen LogP contribution in [-0.2, 0) is 21.5 Å². The fraction of sp³-hybridized carbons (Fsp3) is 0.269. The van der Waals surface area contributed by atoms with Gasteiger partial charge in [-0.15, -0.1) is 0 Å². The molecule has 4 aliphatic rings. The van der Waals surface area contributed by atoms with Crippen LogP contribution in [0.1, 0.15) is 58.9 Å². The van der Waals surface area contributed by atoms with Gasteiger partial charge in [0, 0.05) is 21.9 Å². The number of aryl methyl sites for hydroxylation is 2. The first-order valence-corrected chi connectivity index (χ1v) is 11.2. The molecule has 182 valence electrons. The van der Waals surface area contributed by atoms with Gasteiger partial charge >= 0.3 is 11.9 Å². The lowest BCUT2D eigenvalue weighted by Gasteiger charge is -2.52. The van der Waals surface area contributed by atoms with Crippen LogP contribution in [-0.4, -0.2) is 57.0 Å². The highest BCUT2D eigenvalue weighted by molar-refractivity contribution is 6.15. The van der Waals surface area contributed by atoms with Gasteiger partial charge in [0.15, 0.2) is 6.10 Å². The quantitative estimate of drug-likeness (QED) is 0.343. The number of cyclic esters (lactones) is 2. The molecule has 0 saturated heterocycles. The third-order valence-corrected chi connectivity index (χ3v) is 7.91. The van der Waals surface area contributed by atoms with Crippen molar-refractivity contribution in [3.63, 3.8) is 0 Å². The SMILES string of the molecule is Cc1cc(O)c2c3c1C(=O)C1Oc4c(c(O)c5c6c(c(O)cc(C)c46)C(=O)OC5)C3(COC2=O)C1O. The Labute approximate surface area is 202 Å². The highest BCUT2D eigenvalue weighted by Crippen LogP contribution is 2.61. The van der Waals surface area contributed by atoms with Crippen molar-refractivity contribution < 1.29 is 49.0 Å². The topological polar surface area (TPSA) is 160 Å². The molecule has 1 spiro atoms. The van der Waals surface area contributed by atoms with Crippen molar-refractivity contribution in [1.29, 1.82) is 0 Å². The van der Waals surface area contributed by atoms with Crippen LogP contribution in [0.15, 0.2) is 12.1 Å². The van der Waals surface area contributed by atoms with E-state index in [-0.39, 0.29) is 62.6 Å². The molecule has 3 aromatic carbocycles. The molecular formula is C26H18O10. The Morgan fingerprint density at radius 3 is 2.28 bits per heavy atom. The molecule has 3 heterocycles. The van der Waals surface area contributed by atoms with Crippen molar-refractivity contribution in [3.05, 3.63) is 56.6 Å². The number of aliphatic hydroxyl groups is 1. The second kappa shape index (κ2) is 6.27. The summed E-state index contributed by atoms with van der Waals surface area (Å²) in [5.41, 5.74) is -0.797. The Morgan fingerprint density at radius 2 is 1.53 bits per heavy atom. The van der Waals surface area contributed by atoms with Crippen LogP contribution < -0.4 is 4.74 Å². The molecule has 3 unspecified atom stereocenters.